The van der Waals surface area contributed by atoms with Crippen LogP contribution in [0.15, 0.2) is 107 Å². The summed E-state index contributed by atoms with van der Waals surface area (Å²) in [5.41, 5.74) is 16.8. The van der Waals surface area contributed by atoms with E-state index < -0.39 is 12.1 Å². The lowest BCUT2D eigenvalue weighted by Gasteiger charge is -2.37. The zero-order valence-corrected chi connectivity index (χ0v) is 46.3. The molecule has 2 amide bonds. The third-order valence-electron chi connectivity index (χ3n) is 14.6. The molecule has 26 heteroatoms. The van der Waals surface area contributed by atoms with Crippen molar-refractivity contribution in [2.75, 3.05) is 114 Å². The maximum atomic E-state index is 13.9. The van der Waals surface area contributed by atoms with Crippen LogP contribution in [-0.4, -0.2) is 173 Å². The molecule has 10 aromatic rings. The maximum absolute atomic E-state index is 13.9. The lowest BCUT2D eigenvalue weighted by molar-refractivity contribution is -0.136. The zero-order chi connectivity index (χ0) is 56.7. The highest BCUT2D eigenvalue weighted by atomic mass is 16.5. The Hall–Kier alpha value is -9.30. The molecule has 2 saturated heterocycles. The van der Waals surface area contributed by atoms with Crippen molar-refractivity contribution in [2.45, 2.75) is 51.6 Å². The number of ether oxygens (including phenoxy) is 4. The van der Waals surface area contributed by atoms with Crippen molar-refractivity contribution < 1.29 is 37.4 Å². The fourth-order valence-corrected chi connectivity index (χ4v) is 10.4. The van der Waals surface area contributed by atoms with Crippen molar-refractivity contribution in [3.05, 3.63) is 97.7 Å². The number of methoxy groups -OCH3 is 2. The summed E-state index contributed by atoms with van der Waals surface area (Å²) in [6.45, 7) is 11.6. The predicted octanol–water partition coefficient (Wildman–Crippen LogP) is 6.06. The van der Waals surface area contributed by atoms with Crippen molar-refractivity contribution in [3.63, 3.8) is 0 Å². The Balaban J connectivity index is 0.000000172. The Morgan fingerprint density at radius 1 is 0.537 bits per heavy atom. The second kappa shape index (κ2) is 24.6. The second-order valence-corrected chi connectivity index (χ2v) is 19.8. The number of nitrogen functional groups attached to an aromatic ring is 2. The van der Waals surface area contributed by atoms with Crippen LogP contribution in [0.2, 0.25) is 0 Å². The molecule has 0 bridgehead atoms. The number of carbonyl (C=O) groups excluding carboxylic acids is 2. The SMILES string of the molecule is CCC[C@@H](C(=O)N1CCN(c2ccc(OCCOC)cc2)CC1)n1ncc2c1nc(N)n1nc(-c3ccco3)nc21.CCC[C@H](C(=O)N1CCN(c2ccc(OCCOC)cc2)CC1)n1ncc2c1nc(N)n1nc(-c3ccco3)nc21. The van der Waals surface area contributed by atoms with Gasteiger partial charge in [-0.15, -0.1) is 10.2 Å². The summed E-state index contributed by atoms with van der Waals surface area (Å²) < 4.78 is 38.6. The predicted molar refractivity (Wildman–Crippen MR) is 305 cm³/mol. The largest absolute Gasteiger partial charge is 0.491 e. The molecule has 2 atom stereocenters. The number of nitrogens with zero attached hydrogens (tertiary/aromatic N) is 16. The number of fused-ring (bicyclic) bond motifs is 6. The molecular weight excluding hydrogens is 1050 g/mol. The van der Waals surface area contributed by atoms with Gasteiger partial charge in [0.1, 0.15) is 36.8 Å². The molecule has 0 spiro atoms. The van der Waals surface area contributed by atoms with Crippen LogP contribution in [0, 0.1) is 0 Å². The molecule has 12 rings (SSSR count). The summed E-state index contributed by atoms with van der Waals surface area (Å²) in [4.78, 5) is 54.6. The van der Waals surface area contributed by atoms with E-state index in [0.29, 0.717) is 122 Å². The monoisotopic (exact) mass is 1120 g/mol. The smallest absolute Gasteiger partial charge is 0.247 e. The first-order chi connectivity index (χ1) is 40.1. The van der Waals surface area contributed by atoms with E-state index in [4.69, 9.17) is 39.2 Å². The highest BCUT2D eigenvalue weighted by molar-refractivity contribution is 5.93. The number of aromatic nitrogens is 12. The fourth-order valence-electron chi connectivity index (χ4n) is 10.4. The van der Waals surface area contributed by atoms with Gasteiger partial charge in [0, 0.05) is 78.0 Å². The number of rotatable bonds is 20. The summed E-state index contributed by atoms with van der Waals surface area (Å²) in [6.07, 6.45) is 9.34. The molecule has 82 heavy (non-hydrogen) atoms. The number of furan rings is 2. The molecule has 0 saturated carbocycles. The molecule has 0 aliphatic carbocycles. The molecular formula is C56H66N18O8. The van der Waals surface area contributed by atoms with E-state index in [1.54, 1.807) is 72.8 Å². The van der Waals surface area contributed by atoms with E-state index in [9.17, 15) is 9.59 Å². The molecule has 2 aliphatic rings. The first-order valence-electron chi connectivity index (χ1n) is 27.5. The van der Waals surface area contributed by atoms with Gasteiger partial charge in [0.25, 0.3) is 0 Å². The lowest BCUT2D eigenvalue weighted by atomic mass is 10.1. The van der Waals surface area contributed by atoms with E-state index in [-0.39, 0.29) is 23.7 Å². The van der Waals surface area contributed by atoms with Crippen LogP contribution in [0.5, 0.6) is 11.5 Å². The summed E-state index contributed by atoms with van der Waals surface area (Å²) in [5, 5.41) is 19.4. The first-order valence-corrected chi connectivity index (χ1v) is 27.5. The van der Waals surface area contributed by atoms with Gasteiger partial charge in [-0.3, -0.25) is 9.59 Å². The van der Waals surface area contributed by atoms with Crippen LogP contribution < -0.4 is 30.7 Å². The minimum atomic E-state index is -0.505. The zero-order valence-electron chi connectivity index (χ0n) is 46.3. The average Bonchev–Trinajstić information content (AvgIpc) is 3.98. The van der Waals surface area contributed by atoms with E-state index in [2.05, 4.69) is 64.0 Å². The number of carbonyl (C=O) groups is 2. The summed E-state index contributed by atoms with van der Waals surface area (Å²) in [6, 6.07) is 22.1. The third-order valence-corrected chi connectivity index (χ3v) is 14.6. The Morgan fingerprint density at radius 3 is 1.29 bits per heavy atom. The minimum absolute atomic E-state index is 0.0244. The second-order valence-electron chi connectivity index (χ2n) is 19.8. The van der Waals surface area contributed by atoms with Crippen LogP contribution in [0.1, 0.15) is 51.6 Å². The van der Waals surface area contributed by atoms with Crippen LogP contribution in [-0.2, 0) is 19.1 Å². The number of anilines is 4. The van der Waals surface area contributed by atoms with Crippen LogP contribution in [0.4, 0.5) is 23.3 Å². The highest BCUT2D eigenvalue weighted by Gasteiger charge is 2.33. The van der Waals surface area contributed by atoms with Crippen molar-refractivity contribution >= 4 is 68.4 Å². The van der Waals surface area contributed by atoms with Crippen LogP contribution >= 0.6 is 0 Å². The van der Waals surface area contributed by atoms with Gasteiger partial charge in [0.2, 0.25) is 35.4 Å². The van der Waals surface area contributed by atoms with Gasteiger partial charge >= 0.3 is 0 Å². The maximum Gasteiger partial charge on any atom is 0.247 e. The van der Waals surface area contributed by atoms with E-state index >= 15 is 0 Å². The fraction of sp³-hybridized carbons (Fsp3) is 0.393. The van der Waals surface area contributed by atoms with Crippen molar-refractivity contribution in [1.29, 1.82) is 0 Å². The minimum Gasteiger partial charge on any atom is -0.491 e. The van der Waals surface area contributed by atoms with Gasteiger partial charge in [-0.05, 0) is 85.6 Å². The van der Waals surface area contributed by atoms with E-state index in [1.165, 1.54) is 9.03 Å². The Morgan fingerprint density at radius 2 is 0.939 bits per heavy atom. The topological polar surface area (TPSA) is 284 Å². The molecule has 8 aromatic heterocycles. The average molecular weight is 1120 g/mol. The van der Waals surface area contributed by atoms with E-state index in [0.717, 1.165) is 61.9 Å². The van der Waals surface area contributed by atoms with Crippen LogP contribution in [0.3, 0.4) is 0 Å². The van der Waals surface area contributed by atoms with Crippen molar-refractivity contribution in [2.24, 2.45) is 0 Å². The molecule has 26 nitrogen and oxygen atoms in total. The molecule has 0 radical (unpaired) electrons. The number of hydrogen-bond acceptors (Lipinski definition) is 20. The third kappa shape index (κ3) is 11.3. The van der Waals surface area contributed by atoms with E-state index in [1.807, 2.05) is 58.3 Å². The van der Waals surface area contributed by atoms with Gasteiger partial charge in [0.05, 0.1) is 48.9 Å². The summed E-state index contributed by atoms with van der Waals surface area (Å²) in [7, 11) is 3.31. The number of nitrogens with two attached hydrogens (primary N) is 2. The van der Waals surface area contributed by atoms with Gasteiger partial charge in [-0.25, -0.2) is 19.3 Å². The summed E-state index contributed by atoms with van der Waals surface area (Å²) >= 11 is 0. The van der Waals surface area contributed by atoms with Gasteiger partial charge in [-0.1, -0.05) is 26.7 Å². The number of amides is 2. The Bertz CT molecular complexity index is 3480. The Labute approximate surface area is 471 Å². The number of piperazine rings is 2. The lowest BCUT2D eigenvalue weighted by Crippen LogP contribution is -2.50. The molecule has 0 unspecified atom stereocenters. The number of benzene rings is 2. The Kier molecular flexibility index (Phi) is 16.4. The normalized spacial score (nSPS) is 14.7. The van der Waals surface area contributed by atoms with Crippen LogP contribution in [0.25, 0.3) is 56.5 Å². The molecule has 2 aliphatic heterocycles. The molecule has 2 aromatic carbocycles. The molecule has 4 N–H and O–H groups in total. The molecule has 2 fully saturated rings. The highest BCUT2D eigenvalue weighted by Crippen LogP contribution is 2.31. The molecule has 428 valence electrons. The van der Waals surface area contributed by atoms with Crippen molar-refractivity contribution in [1.82, 2.24) is 68.5 Å². The number of hydrogen-bond donors (Lipinski definition) is 2. The first kappa shape index (κ1) is 54.6. The summed E-state index contributed by atoms with van der Waals surface area (Å²) in [5.74, 6) is 3.83. The van der Waals surface area contributed by atoms with Gasteiger partial charge < -0.3 is 58.8 Å². The standard InChI is InChI=1S/2C28H33N9O4/c2*1-3-5-22(27(38)35-13-11-34(12-14-35)19-7-9-20(10-8-19)40-17-16-39-2)36-26-21(18-30-36)25-31-24(23-6-4-15-41-23)33-37(25)28(29)32-26/h2*4,6-10,15,18,22H,3,5,11-14,16-17H2,1-2H3,(H2,29,32)/t2*22-/m10/s1. The molecule has 10 heterocycles. The van der Waals surface area contributed by atoms with Gasteiger partial charge in [-0.2, -0.15) is 29.2 Å². The quantitative estimate of drug-likeness (QED) is 0.0820. The van der Waals surface area contributed by atoms with Gasteiger partial charge in [0.15, 0.2) is 34.1 Å². The van der Waals surface area contributed by atoms with Crippen molar-refractivity contribution in [3.8, 4) is 34.7 Å².